The molecule has 0 aliphatic rings. The maximum Gasteiger partial charge on any atom is 0.331 e. The first-order valence-corrected chi connectivity index (χ1v) is 9.27. The van der Waals surface area contributed by atoms with Gasteiger partial charge in [-0.25, -0.2) is 4.79 Å². The van der Waals surface area contributed by atoms with E-state index >= 15 is 0 Å². The second-order valence-electron chi connectivity index (χ2n) is 6.13. The maximum atomic E-state index is 12.1. The van der Waals surface area contributed by atoms with E-state index in [9.17, 15) is 14.4 Å². The average Bonchev–Trinajstić information content (AvgIpc) is 2.91. The van der Waals surface area contributed by atoms with Crippen molar-refractivity contribution >= 4 is 52.7 Å². The number of hydrogen-bond acceptors (Lipinski definition) is 5. The molecule has 2 rings (SSSR count). The summed E-state index contributed by atoms with van der Waals surface area (Å²) in [6, 6.07) is 6.75. The molecule has 1 aromatic carbocycles. The number of anilines is 1. The van der Waals surface area contributed by atoms with Gasteiger partial charge in [0.1, 0.15) is 5.15 Å². The van der Waals surface area contributed by atoms with Crippen molar-refractivity contribution in [3.63, 3.8) is 0 Å². The molecule has 0 aliphatic heterocycles. The zero-order valence-electron chi connectivity index (χ0n) is 16.1. The summed E-state index contributed by atoms with van der Waals surface area (Å²) in [4.78, 5) is 37.1. The summed E-state index contributed by atoms with van der Waals surface area (Å²) < 4.78 is 6.39. The van der Waals surface area contributed by atoms with Gasteiger partial charge in [-0.2, -0.15) is 5.10 Å². The normalized spacial score (nSPS) is 10.8. The predicted octanol–water partition coefficient (Wildman–Crippen LogP) is 2.69. The van der Waals surface area contributed by atoms with E-state index in [4.69, 9.17) is 27.9 Å². The minimum Gasteiger partial charge on any atom is -0.452 e. The van der Waals surface area contributed by atoms with Crippen LogP contribution in [0.15, 0.2) is 30.3 Å². The number of amides is 2. The molecule has 0 atom stereocenters. The van der Waals surface area contributed by atoms with Crippen LogP contribution in [-0.4, -0.2) is 52.7 Å². The van der Waals surface area contributed by atoms with E-state index in [1.54, 1.807) is 38.2 Å². The van der Waals surface area contributed by atoms with Gasteiger partial charge in [0.05, 0.1) is 22.9 Å². The Morgan fingerprint density at radius 2 is 1.97 bits per heavy atom. The fourth-order valence-corrected chi connectivity index (χ4v) is 2.75. The van der Waals surface area contributed by atoms with Crippen LogP contribution in [0.25, 0.3) is 6.08 Å². The molecule has 8 nitrogen and oxygen atoms in total. The van der Waals surface area contributed by atoms with Gasteiger partial charge in [0, 0.05) is 25.7 Å². The van der Waals surface area contributed by atoms with Crippen molar-refractivity contribution in [2.45, 2.75) is 6.92 Å². The molecular formula is C19H20Cl2N4O4. The molecule has 0 aliphatic carbocycles. The van der Waals surface area contributed by atoms with Gasteiger partial charge < -0.3 is 15.0 Å². The molecule has 10 heteroatoms. The number of carbonyl (C=O) groups is 3. The Hall–Kier alpha value is -2.84. The molecule has 1 heterocycles. The summed E-state index contributed by atoms with van der Waals surface area (Å²) in [5, 5.41) is 7.50. The molecule has 0 radical (unpaired) electrons. The van der Waals surface area contributed by atoms with Crippen molar-refractivity contribution in [2.75, 3.05) is 25.5 Å². The fraction of sp³-hybridized carbons (Fsp3) is 0.263. The van der Waals surface area contributed by atoms with Crippen molar-refractivity contribution < 1.29 is 19.1 Å². The summed E-state index contributed by atoms with van der Waals surface area (Å²) >= 11 is 12.0. The average molecular weight is 439 g/mol. The Balaban J connectivity index is 1.81. The van der Waals surface area contributed by atoms with E-state index in [2.05, 4.69) is 10.4 Å². The lowest BCUT2D eigenvalue weighted by molar-refractivity contribution is -0.148. The van der Waals surface area contributed by atoms with Crippen LogP contribution < -0.4 is 5.32 Å². The third-order valence-corrected chi connectivity index (χ3v) is 4.65. The quantitative estimate of drug-likeness (QED) is 0.529. The van der Waals surface area contributed by atoms with Crippen LogP contribution in [0, 0.1) is 6.92 Å². The van der Waals surface area contributed by atoms with E-state index < -0.39 is 24.4 Å². The van der Waals surface area contributed by atoms with Crippen LogP contribution in [0.4, 0.5) is 5.69 Å². The van der Waals surface area contributed by atoms with Crippen molar-refractivity contribution in [1.82, 2.24) is 14.7 Å². The first-order valence-electron chi connectivity index (χ1n) is 8.51. The number of carbonyl (C=O) groups excluding carboxylic acids is 3. The van der Waals surface area contributed by atoms with Gasteiger partial charge in [-0.3, -0.25) is 14.3 Å². The predicted molar refractivity (Wildman–Crippen MR) is 111 cm³/mol. The molecule has 0 saturated heterocycles. The zero-order valence-corrected chi connectivity index (χ0v) is 17.6. The molecular weight excluding hydrogens is 419 g/mol. The second kappa shape index (κ2) is 10.1. The first-order chi connectivity index (χ1) is 13.7. The number of esters is 1. The van der Waals surface area contributed by atoms with Gasteiger partial charge in [-0.1, -0.05) is 35.3 Å². The van der Waals surface area contributed by atoms with E-state index in [1.807, 2.05) is 0 Å². The van der Waals surface area contributed by atoms with Gasteiger partial charge in [0.15, 0.2) is 6.61 Å². The fourth-order valence-electron chi connectivity index (χ4n) is 2.33. The SMILES string of the molecule is Cc1nn(C)c(Cl)c1/C=C/C(=O)OCC(=O)N(C)CC(=O)Nc1ccccc1Cl. The highest BCUT2D eigenvalue weighted by Crippen LogP contribution is 2.21. The largest absolute Gasteiger partial charge is 0.452 e. The minimum absolute atomic E-state index is 0.220. The van der Waals surface area contributed by atoms with Gasteiger partial charge in [-0.05, 0) is 25.1 Å². The molecule has 0 spiro atoms. The summed E-state index contributed by atoms with van der Waals surface area (Å²) in [6.07, 6.45) is 2.63. The van der Waals surface area contributed by atoms with Crippen LogP contribution in [-0.2, 0) is 26.2 Å². The summed E-state index contributed by atoms with van der Waals surface area (Å²) in [6.45, 7) is 1.03. The summed E-state index contributed by atoms with van der Waals surface area (Å²) in [7, 11) is 3.11. The number of nitrogens with zero attached hydrogens (tertiary/aromatic N) is 3. The second-order valence-corrected chi connectivity index (χ2v) is 6.90. The van der Waals surface area contributed by atoms with Crippen LogP contribution in [0.5, 0.6) is 0 Å². The lowest BCUT2D eigenvalue weighted by Crippen LogP contribution is -2.37. The lowest BCUT2D eigenvalue weighted by atomic mass is 10.2. The van der Waals surface area contributed by atoms with Crippen LogP contribution in [0.1, 0.15) is 11.3 Å². The Labute approximate surface area is 178 Å². The number of nitrogens with one attached hydrogen (secondary N) is 1. The van der Waals surface area contributed by atoms with Gasteiger partial charge in [0.25, 0.3) is 5.91 Å². The Kier molecular flexibility index (Phi) is 7.81. The molecule has 0 bridgehead atoms. The van der Waals surface area contributed by atoms with Crippen molar-refractivity contribution in [3.8, 4) is 0 Å². The standard InChI is InChI=1S/C19H20Cl2N4O4/c1-12-13(19(21)25(3)23-12)8-9-18(28)29-11-17(27)24(2)10-16(26)22-15-7-5-4-6-14(15)20/h4-9H,10-11H2,1-3H3,(H,22,26)/b9-8+. The molecule has 154 valence electrons. The number of para-hydroxylation sites is 1. The first kappa shape index (κ1) is 22.4. The highest BCUT2D eigenvalue weighted by Gasteiger charge is 2.15. The van der Waals surface area contributed by atoms with Crippen LogP contribution >= 0.6 is 23.2 Å². The minimum atomic E-state index is -0.716. The number of ether oxygens (including phenoxy) is 1. The molecule has 29 heavy (non-hydrogen) atoms. The molecule has 0 unspecified atom stereocenters. The molecule has 1 aromatic heterocycles. The Morgan fingerprint density at radius 1 is 1.28 bits per heavy atom. The number of benzene rings is 1. The number of rotatable bonds is 7. The van der Waals surface area contributed by atoms with E-state index in [-0.39, 0.29) is 6.54 Å². The Bertz CT molecular complexity index is 956. The number of hydrogen-bond donors (Lipinski definition) is 1. The lowest BCUT2D eigenvalue weighted by Gasteiger charge is -2.16. The summed E-state index contributed by atoms with van der Waals surface area (Å²) in [5.41, 5.74) is 1.69. The molecule has 0 saturated carbocycles. The van der Waals surface area contributed by atoms with Crippen molar-refractivity contribution in [1.29, 1.82) is 0 Å². The van der Waals surface area contributed by atoms with E-state index in [0.717, 1.165) is 11.0 Å². The van der Waals surface area contributed by atoms with E-state index in [0.29, 0.717) is 27.1 Å². The highest BCUT2D eigenvalue weighted by atomic mass is 35.5. The molecule has 1 N–H and O–H groups in total. The monoisotopic (exact) mass is 438 g/mol. The number of likely N-dealkylation sites (N-methyl/N-ethyl adjacent to an activating group) is 1. The Morgan fingerprint density at radius 3 is 2.59 bits per heavy atom. The maximum absolute atomic E-state index is 12.1. The molecule has 0 fully saturated rings. The van der Waals surface area contributed by atoms with Gasteiger partial charge in [0.2, 0.25) is 5.91 Å². The zero-order chi connectivity index (χ0) is 21.6. The number of aryl methyl sites for hydroxylation is 2. The van der Waals surface area contributed by atoms with Gasteiger partial charge >= 0.3 is 5.97 Å². The van der Waals surface area contributed by atoms with Crippen molar-refractivity contribution in [3.05, 3.63) is 51.8 Å². The third-order valence-electron chi connectivity index (χ3n) is 3.87. The van der Waals surface area contributed by atoms with Gasteiger partial charge in [-0.15, -0.1) is 0 Å². The smallest absolute Gasteiger partial charge is 0.331 e. The van der Waals surface area contributed by atoms with Crippen LogP contribution in [0.3, 0.4) is 0 Å². The topological polar surface area (TPSA) is 93.5 Å². The summed E-state index contributed by atoms with van der Waals surface area (Å²) in [5.74, 6) is -1.68. The number of aromatic nitrogens is 2. The molecule has 2 amide bonds. The highest BCUT2D eigenvalue weighted by molar-refractivity contribution is 6.33. The third kappa shape index (κ3) is 6.33. The van der Waals surface area contributed by atoms with E-state index in [1.165, 1.54) is 17.8 Å². The van der Waals surface area contributed by atoms with Crippen molar-refractivity contribution in [2.24, 2.45) is 7.05 Å². The molecule has 2 aromatic rings. The van der Waals surface area contributed by atoms with Crippen LogP contribution in [0.2, 0.25) is 10.2 Å². The number of halogens is 2.